The fourth-order valence-corrected chi connectivity index (χ4v) is 3.63. The van der Waals surface area contributed by atoms with Gasteiger partial charge in [0.15, 0.2) is 6.29 Å². The van der Waals surface area contributed by atoms with E-state index in [1.54, 1.807) is 0 Å². The lowest BCUT2D eigenvalue weighted by atomic mass is 10.1. The van der Waals surface area contributed by atoms with Gasteiger partial charge in [0.05, 0.1) is 5.39 Å². The number of hydrogen-bond acceptors (Lipinski definition) is 6. The Morgan fingerprint density at radius 2 is 1.85 bits per heavy atom. The van der Waals surface area contributed by atoms with Crippen LogP contribution < -0.4 is 0 Å². The summed E-state index contributed by atoms with van der Waals surface area (Å²) in [6.45, 7) is 13.3. The van der Waals surface area contributed by atoms with Crippen LogP contribution in [0.3, 0.4) is 0 Å². The lowest BCUT2D eigenvalue weighted by molar-refractivity contribution is -0.139. The zero-order chi connectivity index (χ0) is 19.9. The van der Waals surface area contributed by atoms with Crippen LogP contribution in [0.1, 0.15) is 25.8 Å². The van der Waals surface area contributed by atoms with E-state index in [1.807, 2.05) is 24.6 Å². The van der Waals surface area contributed by atoms with Crippen LogP contribution in [0.15, 0.2) is 12.5 Å². The molecule has 2 aromatic rings. The van der Waals surface area contributed by atoms with Crippen molar-refractivity contribution < 1.29 is 19.3 Å². The first-order chi connectivity index (χ1) is 12.9. The summed E-state index contributed by atoms with van der Waals surface area (Å²) >= 11 is 0. The molecule has 152 valence electrons. The van der Waals surface area contributed by atoms with Crippen molar-refractivity contribution in [1.82, 2.24) is 14.5 Å². The Morgan fingerprint density at radius 1 is 1.15 bits per heavy atom. The maximum absolute atomic E-state index is 10.3. The summed E-state index contributed by atoms with van der Waals surface area (Å²) in [6.07, 6.45) is 4.51. The van der Waals surface area contributed by atoms with E-state index >= 15 is 0 Å². The van der Waals surface area contributed by atoms with Crippen molar-refractivity contribution in [2.24, 2.45) is 0 Å². The predicted octanol–water partition coefficient (Wildman–Crippen LogP) is 3.78. The van der Waals surface area contributed by atoms with Crippen LogP contribution >= 0.6 is 0 Å². The third-order valence-electron chi connectivity index (χ3n) is 4.29. The number of aromatic nitrogens is 3. The average Bonchev–Trinajstić information content (AvgIpc) is 2.95. The molecule has 0 amide bonds. The Balaban J connectivity index is 2.11. The Kier molecular flexibility index (Phi) is 8.21. The minimum Gasteiger partial charge on any atom is -0.493 e. The van der Waals surface area contributed by atoms with Crippen LogP contribution in [0.25, 0.3) is 11.0 Å². The van der Waals surface area contributed by atoms with E-state index in [1.165, 1.54) is 6.33 Å². The summed E-state index contributed by atoms with van der Waals surface area (Å²) in [5.74, 6) is 0.000203. The van der Waals surface area contributed by atoms with E-state index in [9.17, 15) is 5.11 Å². The van der Waals surface area contributed by atoms with Crippen LogP contribution in [0.5, 0.6) is 5.88 Å². The molecule has 0 aliphatic carbocycles. The highest BCUT2D eigenvalue weighted by molar-refractivity contribution is 6.76. The summed E-state index contributed by atoms with van der Waals surface area (Å²) in [5, 5.41) is 10.9. The highest BCUT2D eigenvalue weighted by Crippen LogP contribution is 2.28. The standard InChI is InChI=1S/C19H33N3O4Si/c1-6-25-16(26-7-2)9-8-15-12-22(14-24-10-11-27(3,4)5)18-17(15)19(23)21-13-20-18/h12-13,16H,6-11,14H2,1-5H3,(H,20,21,23). The third kappa shape index (κ3) is 6.56. The first-order valence-electron chi connectivity index (χ1n) is 9.68. The largest absolute Gasteiger partial charge is 0.493 e. The van der Waals surface area contributed by atoms with Crippen molar-refractivity contribution in [3.63, 3.8) is 0 Å². The van der Waals surface area contributed by atoms with Crippen molar-refractivity contribution >= 4 is 19.1 Å². The van der Waals surface area contributed by atoms with Crippen molar-refractivity contribution in [3.05, 3.63) is 18.1 Å². The van der Waals surface area contributed by atoms with Gasteiger partial charge in [-0.25, -0.2) is 9.97 Å². The second-order valence-corrected chi connectivity index (χ2v) is 13.4. The van der Waals surface area contributed by atoms with Crippen LogP contribution in [0.4, 0.5) is 0 Å². The number of nitrogens with zero attached hydrogens (tertiary/aromatic N) is 3. The minimum atomic E-state index is -1.12. The summed E-state index contributed by atoms with van der Waals surface area (Å²) in [5.41, 5.74) is 1.66. The zero-order valence-electron chi connectivity index (χ0n) is 17.2. The molecule has 1 N–H and O–H groups in total. The summed E-state index contributed by atoms with van der Waals surface area (Å²) in [7, 11) is -1.12. The van der Waals surface area contributed by atoms with Crippen molar-refractivity contribution in [2.45, 2.75) is 65.4 Å². The second kappa shape index (κ2) is 10.2. The maximum Gasteiger partial charge on any atom is 0.223 e. The van der Waals surface area contributed by atoms with E-state index < -0.39 is 8.07 Å². The minimum absolute atomic E-state index is 0.000203. The second-order valence-electron chi connectivity index (χ2n) is 7.75. The average molecular weight is 396 g/mol. The molecule has 2 aromatic heterocycles. The summed E-state index contributed by atoms with van der Waals surface area (Å²) < 4.78 is 19.0. The third-order valence-corrected chi connectivity index (χ3v) is 6.00. The smallest absolute Gasteiger partial charge is 0.223 e. The van der Waals surface area contributed by atoms with Crippen LogP contribution in [-0.2, 0) is 27.4 Å². The van der Waals surface area contributed by atoms with Gasteiger partial charge in [0, 0.05) is 40.5 Å². The lowest BCUT2D eigenvalue weighted by Gasteiger charge is -2.16. The van der Waals surface area contributed by atoms with Crippen molar-refractivity contribution in [1.29, 1.82) is 0 Å². The van der Waals surface area contributed by atoms with E-state index in [0.717, 1.165) is 18.2 Å². The molecule has 2 rings (SSSR count). The number of aryl methyl sites for hydroxylation is 1. The van der Waals surface area contributed by atoms with Gasteiger partial charge in [0.1, 0.15) is 18.7 Å². The van der Waals surface area contributed by atoms with Crippen molar-refractivity contribution in [3.8, 4) is 5.88 Å². The molecule has 0 aliphatic heterocycles. The number of aromatic hydroxyl groups is 1. The van der Waals surface area contributed by atoms with Gasteiger partial charge < -0.3 is 23.9 Å². The number of fused-ring (bicyclic) bond motifs is 1. The monoisotopic (exact) mass is 395 g/mol. The molecule has 0 spiro atoms. The first-order valence-corrected chi connectivity index (χ1v) is 13.4. The van der Waals surface area contributed by atoms with Gasteiger partial charge in [-0.1, -0.05) is 19.6 Å². The fraction of sp³-hybridized carbons (Fsp3) is 0.684. The quantitative estimate of drug-likeness (QED) is 0.335. The van der Waals surface area contributed by atoms with Gasteiger partial charge in [0.25, 0.3) is 0 Å². The molecule has 7 nitrogen and oxygen atoms in total. The predicted molar refractivity (Wildman–Crippen MR) is 109 cm³/mol. The number of ether oxygens (including phenoxy) is 3. The van der Waals surface area contributed by atoms with Crippen LogP contribution in [-0.4, -0.2) is 53.8 Å². The molecule has 0 bridgehead atoms. The molecule has 27 heavy (non-hydrogen) atoms. The molecule has 0 radical (unpaired) electrons. The van der Waals surface area contributed by atoms with Crippen LogP contribution in [0, 0.1) is 0 Å². The zero-order valence-corrected chi connectivity index (χ0v) is 18.2. The van der Waals surface area contributed by atoms with E-state index in [4.69, 9.17) is 14.2 Å². The van der Waals surface area contributed by atoms with E-state index in [0.29, 0.717) is 43.8 Å². The topological polar surface area (TPSA) is 78.6 Å². The van der Waals surface area contributed by atoms with Gasteiger partial charge in [-0.15, -0.1) is 0 Å². The Bertz CT molecular complexity index is 709. The molecule has 8 heteroatoms. The highest BCUT2D eigenvalue weighted by Gasteiger charge is 2.17. The van der Waals surface area contributed by atoms with Crippen molar-refractivity contribution in [2.75, 3.05) is 19.8 Å². The lowest BCUT2D eigenvalue weighted by Crippen LogP contribution is -2.22. The molecule has 0 saturated carbocycles. The Hall–Kier alpha value is -1.48. The van der Waals surface area contributed by atoms with Gasteiger partial charge in [0.2, 0.25) is 5.88 Å². The summed E-state index contributed by atoms with van der Waals surface area (Å²) in [6, 6.07) is 1.11. The molecule has 0 aliphatic rings. The van der Waals surface area contributed by atoms with E-state index in [-0.39, 0.29) is 12.2 Å². The molecule has 0 saturated heterocycles. The van der Waals surface area contributed by atoms with E-state index in [2.05, 4.69) is 29.6 Å². The normalized spacial score (nSPS) is 12.4. The Labute approximate surface area is 162 Å². The molecule has 0 aromatic carbocycles. The molecule has 0 unspecified atom stereocenters. The molecule has 0 atom stereocenters. The fourth-order valence-electron chi connectivity index (χ4n) is 2.88. The SMILES string of the molecule is CCOC(CCc1cn(COCC[Si](C)(C)C)c2ncnc(O)c12)OCC. The van der Waals surface area contributed by atoms with Gasteiger partial charge >= 0.3 is 0 Å². The maximum atomic E-state index is 10.3. The van der Waals surface area contributed by atoms with Gasteiger partial charge in [-0.2, -0.15) is 0 Å². The number of rotatable bonds is 12. The summed E-state index contributed by atoms with van der Waals surface area (Å²) in [4.78, 5) is 8.29. The molecular weight excluding hydrogens is 362 g/mol. The Morgan fingerprint density at radius 3 is 2.48 bits per heavy atom. The molecular formula is C19H33N3O4Si. The highest BCUT2D eigenvalue weighted by atomic mass is 28.3. The molecule has 0 fully saturated rings. The first kappa shape index (κ1) is 21.8. The van der Waals surface area contributed by atoms with Crippen LogP contribution in [0.2, 0.25) is 25.7 Å². The van der Waals surface area contributed by atoms with Gasteiger partial charge in [-0.3, -0.25) is 0 Å². The number of hydrogen-bond donors (Lipinski definition) is 1. The van der Waals surface area contributed by atoms with Gasteiger partial charge in [-0.05, 0) is 31.9 Å². The molecule has 2 heterocycles.